The maximum Gasteiger partial charge on any atom is 0.383 e. The molecule has 2 nitrogen and oxygen atoms in total. The zero-order valence-corrected chi connectivity index (χ0v) is 11.7. The van der Waals surface area contributed by atoms with Crippen LogP contribution in [0.15, 0.2) is 22.7 Å². The van der Waals surface area contributed by atoms with Crippen LogP contribution in [0.3, 0.4) is 0 Å². The predicted octanol–water partition coefficient (Wildman–Crippen LogP) is 3.89. The Morgan fingerprint density at radius 2 is 2.00 bits per heavy atom. The molecule has 17 heavy (non-hydrogen) atoms. The van der Waals surface area contributed by atoms with Gasteiger partial charge in [-0.1, -0.05) is 0 Å². The van der Waals surface area contributed by atoms with Crippen molar-refractivity contribution in [2.45, 2.75) is 12.3 Å². The SMILES string of the molecule is O=C(Nc1cc(I)ccc1Br)C(F)(F)C(F)F. The van der Waals surface area contributed by atoms with Crippen LogP contribution in [0.25, 0.3) is 0 Å². The molecule has 0 aliphatic carbocycles. The Morgan fingerprint density at radius 1 is 1.41 bits per heavy atom. The van der Waals surface area contributed by atoms with Gasteiger partial charge < -0.3 is 5.32 Å². The molecular formula is C9H5BrF4INO. The Kier molecular flexibility index (Phi) is 4.76. The van der Waals surface area contributed by atoms with Gasteiger partial charge in [-0.25, -0.2) is 8.78 Å². The fraction of sp³-hybridized carbons (Fsp3) is 0.222. The normalized spacial score (nSPS) is 11.7. The quantitative estimate of drug-likeness (QED) is 0.577. The summed E-state index contributed by atoms with van der Waals surface area (Å²) >= 11 is 4.91. The van der Waals surface area contributed by atoms with Gasteiger partial charge in [-0.15, -0.1) is 0 Å². The highest BCUT2D eigenvalue weighted by atomic mass is 127. The minimum Gasteiger partial charge on any atom is -0.320 e. The molecule has 0 aromatic heterocycles. The monoisotopic (exact) mass is 425 g/mol. The van der Waals surface area contributed by atoms with Crippen LogP contribution in [-0.2, 0) is 4.79 Å². The number of carbonyl (C=O) groups excluding carboxylic acids is 1. The molecule has 1 rings (SSSR count). The second-order valence-corrected chi connectivity index (χ2v) is 5.10. The summed E-state index contributed by atoms with van der Waals surface area (Å²) in [6.45, 7) is 0. The van der Waals surface area contributed by atoms with Crippen LogP contribution in [0.4, 0.5) is 23.2 Å². The van der Waals surface area contributed by atoms with Crippen molar-refractivity contribution in [1.29, 1.82) is 0 Å². The van der Waals surface area contributed by atoms with E-state index in [9.17, 15) is 22.4 Å². The Morgan fingerprint density at radius 3 is 2.53 bits per heavy atom. The van der Waals surface area contributed by atoms with E-state index in [1.54, 1.807) is 11.4 Å². The van der Waals surface area contributed by atoms with E-state index in [2.05, 4.69) is 15.9 Å². The minimum atomic E-state index is -4.71. The fourth-order valence-corrected chi connectivity index (χ4v) is 1.73. The van der Waals surface area contributed by atoms with Gasteiger partial charge in [-0.05, 0) is 56.7 Å². The molecule has 1 amide bonds. The number of carbonyl (C=O) groups is 1. The van der Waals surface area contributed by atoms with Crippen LogP contribution in [-0.4, -0.2) is 18.3 Å². The van der Waals surface area contributed by atoms with Gasteiger partial charge in [0.2, 0.25) is 0 Å². The van der Waals surface area contributed by atoms with Gasteiger partial charge in [0.05, 0.1) is 5.69 Å². The summed E-state index contributed by atoms with van der Waals surface area (Å²) in [5.41, 5.74) is 0.0159. The molecule has 0 saturated carbocycles. The number of hydrogen-bond acceptors (Lipinski definition) is 1. The smallest absolute Gasteiger partial charge is 0.320 e. The van der Waals surface area contributed by atoms with E-state index in [-0.39, 0.29) is 5.69 Å². The first-order chi connectivity index (χ1) is 7.75. The van der Waals surface area contributed by atoms with Crippen LogP contribution in [0.2, 0.25) is 0 Å². The second kappa shape index (κ2) is 5.51. The number of anilines is 1. The minimum absolute atomic E-state index is 0.0159. The highest BCUT2D eigenvalue weighted by Gasteiger charge is 2.49. The Hall–Kier alpha value is -0.380. The first-order valence-corrected chi connectivity index (χ1v) is 6.04. The summed E-state index contributed by atoms with van der Waals surface area (Å²) in [7, 11) is 0. The Bertz CT molecular complexity index is 441. The van der Waals surface area contributed by atoms with Gasteiger partial charge in [-0.2, -0.15) is 8.78 Å². The molecule has 0 unspecified atom stereocenters. The van der Waals surface area contributed by atoms with E-state index in [0.29, 0.717) is 8.04 Å². The summed E-state index contributed by atoms with van der Waals surface area (Å²) in [4.78, 5) is 11.0. The van der Waals surface area contributed by atoms with E-state index >= 15 is 0 Å². The molecule has 0 aliphatic rings. The van der Waals surface area contributed by atoms with E-state index in [1.807, 2.05) is 22.6 Å². The molecular weight excluding hydrogens is 421 g/mol. The van der Waals surface area contributed by atoms with Crippen LogP contribution < -0.4 is 5.32 Å². The third-order valence-electron chi connectivity index (χ3n) is 1.75. The van der Waals surface area contributed by atoms with E-state index < -0.39 is 18.3 Å². The number of halogens is 6. The molecule has 0 radical (unpaired) electrons. The number of amides is 1. The van der Waals surface area contributed by atoms with Gasteiger partial charge in [0.15, 0.2) is 0 Å². The summed E-state index contributed by atoms with van der Waals surface area (Å²) < 4.78 is 50.2. The van der Waals surface area contributed by atoms with Crippen molar-refractivity contribution in [2.75, 3.05) is 5.32 Å². The molecule has 94 valence electrons. The molecule has 0 heterocycles. The highest BCUT2D eigenvalue weighted by molar-refractivity contribution is 14.1. The topological polar surface area (TPSA) is 29.1 Å². The number of alkyl halides is 4. The van der Waals surface area contributed by atoms with E-state index in [0.717, 1.165) is 0 Å². The van der Waals surface area contributed by atoms with E-state index in [1.165, 1.54) is 12.1 Å². The van der Waals surface area contributed by atoms with Crippen molar-refractivity contribution in [2.24, 2.45) is 0 Å². The highest BCUT2D eigenvalue weighted by Crippen LogP contribution is 2.28. The maximum atomic E-state index is 12.7. The van der Waals surface area contributed by atoms with Crippen LogP contribution in [0.1, 0.15) is 0 Å². The average Bonchev–Trinajstić information content (AvgIpc) is 2.23. The molecule has 1 aromatic carbocycles. The molecule has 0 atom stereocenters. The fourth-order valence-electron chi connectivity index (χ4n) is 0.898. The largest absolute Gasteiger partial charge is 0.383 e. The van der Waals surface area contributed by atoms with Gasteiger partial charge in [0.25, 0.3) is 0 Å². The lowest BCUT2D eigenvalue weighted by molar-refractivity contribution is -0.163. The van der Waals surface area contributed by atoms with Gasteiger partial charge >= 0.3 is 18.3 Å². The summed E-state index contributed by atoms with van der Waals surface area (Å²) in [5, 5.41) is 1.75. The van der Waals surface area contributed by atoms with Crippen molar-refractivity contribution < 1.29 is 22.4 Å². The Labute approximate surface area is 116 Å². The number of nitrogens with one attached hydrogen (secondary N) is 1. The lowest BCUT2D eigenvalue weighted by atomic mass is 10.3. The molecule has 0 aliphatic heterocycles. The third kappa shape index (κ3) is 3.54. The van der Waals surface area contributed by atoms with Gasteiger partial charge in [-0.3, -0.25) is 4.79 Å². The molecule has 0 saturated heterocycles. The summed E-state index contributed by atoms with van der Waals surface area (Å²) in [5.74, 6) is -6.74. The first kappa shape index (κ1) is 14.7. The van der Waals surface area contributed by atoms with Crippen LogP contribution >= 0.6 is 38.5 Å². The number of benzene rings is 1. The third-order valence-corrected chi connectivity index (χ3v) is 3.12. The molecule has 0 fully saturated rings. The maximum absolute atomic E-state index is 12.7. The number of hydrogen-bond donors (Lipinski definition) is 1. The first-order valence-electron chi connectivity index (χ1n) is 4.17. The summed E-state index contributed by atoms with van der Waals surface area (Å²) in [6.07, 6.45) is -4.04. The Balaban J connectivity index is 2.92. The predicted molar refractivity (Wildman–Crippen MR) is 66.4 cm³/mol. The van der Waals surface area contributed by atoms with Crippen LogP contribution in [0, 0.1) is 3.57 Å². The molecule has 0 bridgehead atoms. The molecule has 1 N–H and O–H groups in total. The van der Waals surface area contributed by atoms with Crippen molar-refractivity contribution in [3.8, 4) is 0 Å². The van der Waals surface area contributed by atoms with Crippen molar-refractivity contribution in [3.63, 3.8) is 0 Å². The van der Waals surface area contributed by atoms with E-state index in [4.69, 9.17) is 0 Å². The lowest BCUT2D eigenvalue weighted by Gasteiger charge is -2.15. The zero-order chi connectivity index (χ0) is 13.2. The van der Waals surface area contributed by atoms with Crippen LogP contribution in [0.5, 0.6) is 0 Å². The molecule has 1 aromatic rings. The van der Waals surface area contributed by atoms with Crippen molar-refractivity contribution in [3.05, 3.63) is 26.2 Å². The zero-order valence-electron chi connectivity index (χ0n) is 7.99. The molecule has 0 spiro atoms. The second-order valence-electron chi connectivity index (χ2n) is 3.00. The van der Waals surface area contributed by atoms with Gasteiger partial charge in [0, 0.05) is 8.04 Å². The van der Waals surface area contributed by atoms with Crippen molar-refractivity contribution in [1.82, 2.24) is 0 Å². The van der Waals surface area contributed by atoms with Gasteiger partial charge in [0.1, 0.15) is 0 Å². The number of rotatable bonds is 3. The molecule has 8 heteroatoms. The standard InChI is InChI=1S/C9H5BrF4INO/c10-5-2-1-4(15)3-6(5)16-8(17)9(13,14)7(11)12/h1-3,7H,(H,16,17). The summed E-state index contributed by atoms with van der Waals surface area (Å²) in [6, 6.07) is 4.55. The lowest BCUT2D eigenvalue weighted by Crippen LogP contribution is -2.41. The van der Waals surface area contributed by atoms with Crippen molar-refractivity contribution >= 4 is 50.1 Å². The average molecular weight is 426 g/mol.